The molecule has 1 amide bonds. The number of aromatic nitrogens is 2. The van der Waals surface area contributed by atoms with E-state index in [1.807, 2.05) is 60.7 Å². The maximum absolute atomic E-state index is 12.9. The third-order valence-electron chi connectivity index (χ3n) is 4.81. The second-order valence-corrected chi connectivity index (χ2v) is 6.44. The Hall–Kier alpha value is -2.92. The van der Waals surface area contributed by atoms with Crippen LogP contribution in [0.3, 0.4) is 0 Å². The quantitative estimate of drug-likeness (QED) is 0.785. The molecule has 0 bridgehead atoms. The predicted octanol–water partition coefficient (Wildman–Crippen LogP) is 3.64. The van der Waals surface area contributed by atoms with Crippen molar-refractivity contribution in [3.05, 3.63) is 72.1 Å². The molecule has 2 heterocycles. The standard InChI is InChI=1S/C21H22N4O/c1-2-24-13-14-25-18(15-24)19(21(26)22-17-11-7-4-8-12-17)23-20(25)16-9-5-3-6-10-16/h3-12H,2,13-15H2,1H3,(H,22,26). The maximum Gasteiger partial charge on any atom is 0.276 e. The van der Waals surface area contributed by atoms with Crippen molar-refractivity contribution in [2.75, 3.05) is 18.4 Å². The summed E-state index contributed by atoms with van der Waals surface area (Å²) < 4.78 is 2.20. The number of para-hydroxylation sites is 1. The highest BCUT2D eigenvalue weighted by atomic mass is 16.1. The fourth-order valence-corrected chi connectivity index (χ4v) is 3.39. The van der Waals surface area contributed by atoms with E-state index in [2.05, 4.69) is 21.7 Å². The summed E-state index contributed by atoms with van der Waals surface area (Å²) in [5, 5.41) is 2.97. The molecular formula is C21H22N4O. The molecule has 3 aromatic rings. The Kier molecular flexibility index (Phi) is 4.54. The van der Waals surface area contributed by atoms with Gasteiger partial charge < -0.3 is 9.88 Å². The molecule has 0 saturated carbocycles. The fourth-order valence-electron chi connectivity index (χ4n) is 3.39. The molecule has 132 valence electrons. The lowest BCUT2D eigenvalue weighted by Crippen LogP contribution is -2.34. The third kappa shape index (κ3) is 3.13. The maximum atomic E-state index is 12.9. The van der Waals surface area contributed by atoms with Crippen molar-refractivity contribution >= 4 is 11.6 Å². The summed E-state index contributed by atoms with van der Waals surface area (Å²) in [6.07, 6.45) is 0. The summed E-state index contributed by atoms with van der Waals surface area (Å²) in [7, 11) is 0. The Morgan fingerprint density at radius 2 is 1.73 bits per heavy atom. The number of nitrogens with one attached hydrogen (secondary N) is 1. The molecule has 0 unspecified atom stereocenters. The fraction of sp³-hybridized carbons (Fsp3) is 0.238. The summed E-state index contributed by atoms with van der Waals surface area (Å²) in [5.74, 6) is 0.717. The number of imidazole rings is 1. The van der Waals surface area contributed by atoms with Gasteiger partial charge in [-0.1, -0.05) is 55.5 Å². The Bertz CT molecular complexity index is 903. The van der Waals surface area contributed by atoms with Crippen LogP contribution in [0.2, 0.25) is 0 Å². The Morgan fingerprint density at radius 3 is 2.42 bits per heavy atom. The van der Waals surface area contributed by atoms with Gasteiger partial charge in [-0.25, -0.2) is 4.98 Å². The first-order chi connectivity index (χ1) is 12.8. The summed E-state index contributed by atoms with van der Waals surface area (Å²) in [4.78, 5) is 20.0. The van der Waals surface area contributed by atoms with E-state index >= 15 is 0 Å². The molecule has 2 aromatic carbocycles. The zero-order valence-corrected chi connectivity index (χ0v) is 14.9. The number of benzene rings is 2. The molecule has 0 fully saturated rings. The van der Waals surface area contributed by atoms with E-state index in [0.717, 1.165) is 48.9 Å². The van der Waals surface area contributed by atoms with Gasteiger partial charge in [-0.15, -0.1) is 0 Å². The van der Waals surface area contributed by atoms with Gasteiger partial charge in [0, 0.05) is 30.9 Å². The van der Waals surface area contributed by atoms with Crippen molar-refractivity contribution in [2.45, 2.75) is 20.0 Å². The summed E-state index contributed by atoms with van der Waals surface area (Å²) in [6, 6.07) is 19.6. The minimum atomic E-state index is -0.153. The van der Waals surface area contributed by atoms with E-state index in [4.69, 9.17) is 4.98 Å². The molecule has 1 aromatic heterocycles. The van der Waals surface area contributed by atoms with Gasteiger partial charge in [0.15, 0.2) is 5.69 Å². The Morgan fingerprint density at radius 1 is 1.04 bits per heavy atom. The van der Waals surface area contributed by atoms with Gasteiger partial charge in [0.25, 0.3) is 5.91 Å². The number of fused-ring (bicyclic) bond motifs is 1. The van der Waals surface area contributed by atoms with Crippen LogP contribution in [0, 0.1) is 0 Å². The Labute approximate surface area is 153 Å². The van der Waals surface area contributed by atoms with Gasteiger partial charge in [-0.2, -0.15) is 0 Å². The first kappa shape index (κ1) is 16.5. The molecule has 26 heavy (non-hydrogen) atoms. The normalized spacial score (nSPS) is 14.0. The minimum Gasteiger partial charge on any atom is -0.325 e. The summed E-state index contributed by atoms with van der Waals surface area (Å²) in [5.41, 5.74) is 3.33. The molecule has 1 N–H and O–H groups in total. The second-order valence-electron chi connectivity index (χ2n) is 6.44. The van der Waals surface area contributed by atoms with Crippen LogP contribution in [-0.4, -0.2) is 33.4 Å². The first-order valence-corrected chi connectivity index (χ1v) is 9.00. The first-order valence-electron chi connectivity index (χ1n) is 9.00. The van der Waals surface area contributed by atoms with E-state index in [1.54, 1.807) is 0 Å². The van der Waals surface area contributed by atoms with Gasteiger partial charge in [0.1, 0.15) is 5.82 Å². The van der Waals surface area contributed by atoms with Gasteiger partial charge in [0.2, 0.25) is 0 Å². The molecule has 1 aliphatic rings. The zero-order valence-electron chi connectivity index (χ0n) is 14.9. The average molecular weight is 346 g/mol. The number of amides is 1. The smallest absolute Gasteiger partial charge is 0.276 e. The summed E-state index contributed by atoms with van der Waals surface area (Å²) in [6.45, 7) is 5.67. The molecule has 4 rings (SSSR count). The highest BCUT2D eigenvalue weighted by Crippen LogP contribution is 2.27. The van der Waals surface area contributed by atoms with E-state index in [-0.39, 0.29) is 5.91 Å². The van der Waals surface area contributed by atoms with Crippen LogP contribution in [0.15, 0.2) is 60.7 Å². The molecular weight excluding hydrogens is 324 g/mol. The van der Waals surface area contributed by atoms with Crippen molar-refractivity contribution in [1.82, 2.24) is 14.5 Å². The SMILES string of the molecule is CCN1CCn2c(-c3ccccc3)nc(C(=O)Nc3ccccc3)c2C1. The summed E-state index contributed by atoms with van der Waals surface area (Å²) >= 11 is 0. The van der Waals surface area contributed by atoms with Crippen molar-refractivity contribution < 1.29 is 4.79 Å². The number of anilines is 1. The highest BCUT2D eigenvalue weighted by Gasteiger charge is 2.27. The predicted molar refractivity (Wildman–Crippen MR) is 103 cm³/mol. The van der Waals surface area contributed by atoms with Crippen LogP contribution in [0.4, 0.5) is 5.69 Å². The van der Waals surface area contributed by atoms with Gasteiger partial charge in [0.05, 0.1) is 5.69 Å². The molecule has 0 atom stereocenters. The monoisotopic (exact) mass is 346 g/mol. The van der Waals surface area contributed by atoms with Crippen LogP contribution in [0.5, 0.6) is 0 Å². The molecule has 0 aliphatic carbocycles. The lowest BCUT2D eigenvalue weighted by Gasteiger charge is -2.28. The molecule has 0 saturated heterocycles. The topological polar surface area (TPSA) is 50.2 Å². The molecule has 5 nitrogen and oxygen atoms in total. The average Bonchev–Trinajstić information content (AvgIpc) is 3.08. The Balaban J connectivity index is 1.74. The van der Waals surface area contributed by atoms with Crippen LogP contribution in [0.1, 0.15) is 23.1 Å². The van der Waals surface area contributed by atoms with E-state index in [0.29, 0.717) is 5.69 Å². The van der Waals surface area contributed by atoms with Crippen molar-refractivity contribution in [3.8, 4) is 11.4 Å². The molecule has 0 radical (unpaired) electrons. The molecule has 0 spiro atoms. The second kappa shape index (κ2) is 7.14. The van der Waals surface area contributed by atoms with Crippen LogP contribution in [-0.2, 0) is 13.1 Å². The lowest BCUT2D eigenvalue weighted by molar-refractivity contribution is 0.101. The largest absolute Gasteiger partial charge is 0.325 e. The van der Waals surface area contributed by atoms with Crippen LogP contribution < -0.4 is 5.32 Å². The lowest BCUT2D eigenvalue weighted by atomic mass is 10.2. The highest BCUT2D eigenvalue weighted by molar-refractivity contribution is 6.04. The molecule has 1 aliphatic heterocycles. The van der Waals surface area contributed by atoms with Crippen LogP contribution >= 0.6 is 0 Å². The number of rotatable bonds is 4. The third-order valence-corrected chi connectivity index (χ3v) is 4.81. The number of hydrogen-bond donors (Lipinski definition) is 1. The number of likely N-dealkylation sites (N-methyl/N-ethyl adjacent to an activating group) is 1. The van der Waals surface area contributed by atoms with Crippen LogP contribution in [0.25, 0.3) is 11.4 Å². The van der Waals surface area contributed by atoms with Crippen molar-refractivity contribution in [1.29, 1.82) is 0 Å². The zero-order chi connectivity index (χ0) is 17.9. The number of nitrogens with zero attached hydrogens (tertiary/aromatic N) is 3. The number of carbonyl (C=O) groups excluding carboxylic acids is 1. The van der Waals surface area contributed by atoms with Crippen molar-refractivity contribution in [3.63, 3.8) is 0 Å². The van der Waals surface area contributed by atoms with E-state index in [9.17, 15) is 4.79 Å². The van der Waals surface area contributed by atoms with Crippen molar-refractivity contribution in [2.24, 2.45) is 0 Å². The van der Waals surface area contributed by atoms with Gasteiger partial charge in [-0.3, -0.25) is 9.69 Å². The van der Waals surface area contributed by atoms with Gasteiger partial charge in [-0.05, 0) is 18.7 Å². The number of carbonyl (C=O) groups is 1. The van der Waals surface area contributed by atoms with E-state index < -0.39 is 0 Å². The number of hydrogen-bond acceptors (Lipinski definition) is 3. The molecule has 5 heteroatoms. The van der Waals surface area contributed by atoms with Gasteiger partial charge >= 0.3 is 0 Å². The van der Waals surface area contributed by atoms with E-state index in [1.165, 1.54) is 0 Å². The minimum absolute atomic E-state index is 0.153.